The average Bonchev–Trinajstić information content (AvgIpc) is 2.40. The Hall–Kier alpha value is -2.42. The largest absolute Gasteiger partial charge is 0.277 e. The van der Waals surface area contributed by atoms with E-state index >= 15 is 0 Å². The van der Waals surface area contributed by atoms with Gasteiger partial charge in [0.15, 0.2) is 0 Å². The van der Waals surface area contributed by atoms with E-state index in [4.69, 9.17) is 0 Å². The maximum Gasteiger partial charge on any atom is 0.277 e. The molecule has 0 aliphatic heterocycles. The van der Waals surface area contributed by atoms with Crippen LogP contribution in [0.4, 0.5) is 5.69 Å². The van der Waals surface area contributed by atoms with E-state index in [1.807, 2.05) is 49.4 Å². The minimum Gasteiger partial charge on any atom is -0.258 e. The van der Waals surface area contributed by atoms with Crippen molar-refractivity contribution in [2.75, 3.05) is 0 Å². The number of nitro benzene ring substituents is 1. The lowest BCUT2D eigenvalue weighted by Gasteiger charge is -2.06. The summed E-state index contributed by atoms with van der Waals surface area (Å²) in [5, 5.41) is 11.1. The first-order valence-electron chi connectivity index (χ1n) is 5.69. The molecule has 2 aromatic rings. The van der Waals surface area contributed by atoms with Crippen LogP contribution in [-0.2, 0) is 0 Å². The predicted octanol–water partition coefficient (Wildman–Crippen LogP) is 4.29. The third-order valence-electron chi connectivity index (χ3n) is 2.70. The lowest BCUT2D eigenvalue weighted by molar-refractivity contribution is -0.385. The molecule has 0 heterocycles. The highest BCUT2D eigenvalue weighted by Gasteiger charge is 2.15. The summed E-state index contributed by atoms with van der Waals surface area (Å²) in [6.07, 6.45) is 3.59. The first-order chi connectivity index (χ1) is 8.74. The molecule has 3 heteroatoms. The van der Waals surface area contributed by atoms with Crippen LogP contribution in [0, 0.1) is 10.1 Å². The van der Waals surface area contributed by atoms with Gasteiger partial charge in [0.25, 0.3) is 5.69 Å². The summed E-state index contributed by atoms with van der Waals surface area (Å²) in [6.45, 7) is 1.85. The Morgan fingerprint density at radius 3 is 2.39 bits per heavy atom. The highest BCUT2D eigenvalue weighted by Crippen LogP contribution is 2.31. The van der Waals surface area contributed by atoms with Gasteiger partial charge in [-0.15, -0.1) is 0 Å². The van der Waals surface area contributed by atoms with Crippen molar-refractivity contribution in [3.63, 3.8) is 0 Å². The number of benzene rings is 2. The predicted molar refractivity (Wildman–Crippen MR) is 73.2 cm³/mol. The average molecular weight is 239 g/mol. The van der Waals surface area contributed by atoms with Gasteiger partial charge in [-0.25, -0.2) is 0 Å². The molecule has 3 nitrogen and oxygen atoms in total. The molecule has 18 heavy (non-hydrogen) atoms. The van der Waals surface area contributed by atoms with Crippen molar-refractivity contribution in [2.45, 2.75) is 6.92 Å². The molecule has 0 bridgehead atoms. The molecule has 0 saturated heterocycles. The topological polar surface area (TPSA) is 43.1 Å². The summed E-state index contributed by atoms with van der Waals surface area (Å²) in [4.78, 5) is 10.7. The van der Waals surface area contributed by atoms with Crippen molar-refractivity contribution in [1.29, 1.82) is 0 Å². The summed E-state index contributed by atoms with van der Waals surface area (Å²) in [6, 6.07) is 14.8. The van der Waals surface area contributed by atoms with E-state index in [-0.39, 0.29) is 10.6 Å². The molecule has 0 fully saturated rings. The Morgan fingerprint density at radius 1 is 1.06 bits per heavy atom. The van der Waals surface area contributed by atoms with E-state index < -0.39 is 0 Å². The van der Waals surface area contributed by atoms with Crippen molar-refractivity contribution in [2.24, 2.45) is 0 Å². The number of hydrogen-bond acceptors (Lipinski definition) is 2. The van der Waals surface area contributed by atoms with Crippen molar-refractivity contribution in [3.8, 4) is 11.1 Å². The minimum absolute atomic E-state index is 0.134. The molecule has 0 spiro atoms. The highest BCUT2D eigenvalue weighted by atomic mass is 16.6. The Kier molecular flexibility index (Phi) is 3.53. The van der Waals surface area contributed by atoms with E-state index in [1.54, 1.807) is 12.1 Å². The van der Waals surface area contributed by atoms with Crippen molar-refractivity contribution >= 4 is 11.8 Å². The SMILES string of the molecule is CC=Cc1c(-c2ccccc2)cccc1[N+](=O)[O-]. The second-order valence-electron chi connectivity index (χ2n) is 3.86. The Labute approximate surface area is 106 Å². The second-order valence-corrected chi connectivity index (χ2v) is 3.86. The van der Waals surface area contributed by atoms with Gasteiger partial charge in [-0.3, -0.25) is 10.1 Å². The van der Waals surface area contributed by atoms with E-state index in [9.17, 15) is 10.1 Å². The lowest BCUT2D eigenvalue weighted by atomic mass is 9.98. The van der Waals surface area contributed by atoms with Crippen LogP contribution in [0.15, 0.2) is 54.6 Å². The second kappa shape index (κ2) is 5.27. The third-order valence-corrected chi connectivity index (χ3v) is 2.70. The molecule has 0 radical (unpaired) electrons. The molecular formula is C15H13NO2. The van der Waals surface area contributed by atoms with Gasteiger partial charge in [-0.2, -0.15) is 0 Å². The van der Waals surface area contributed by atoms with Crippen LogP contribution < -0.4 is 0 Å². The van der Waals surface area contributed by atoms with Crippen LogP contribution in [0.1, 0.15) is 12.5 Å². The van der Waals surface area contributed by atoms with E-state index in [1.165, 1.54) is 6.07 Å². The minimum atomic E-state index is -0.345. The van der Waals surface area contributed by atoms with Gasteiger partial charge < -0.3 is 0 Å². The summed E-state index contributed by atoms with van der Waals surface area (Å²) in [5.74, 6) is 0. The quantitative estimate of drug-likeness (QED) is 0.592. The lowest BCUT2D eigenvalue weighted by Crippen LogP contribution is -1.93. The third kappa shape index (κ3) is 2.30. The maximum atomic E-state index is 11.1. The first-order valence-corrected chi connectivity index (χ1v) is 5.69. The van der Waals surface area contributed by atoms with Crippen molar-refractivity contribution in [1.82, 2.24) is 0 Å². The zero-order valence-corrected chi connectivity index (χ0v) is 10.0. The molecule has 0 aromatic heterocycles. The number of allylic oxidation sites excluding steroid dienone is 1. The summed E-state index contributed by atoms with van der Waals surface area (Å²) in [7, 11) is 0. The molecule has 0 amide bonds. The van der Waals surface area contributed by atoms with Crippen LogP contribution in [0.2, 0.25) is 0 Å². The molecule has 0 aliphatic rings. The summed E-state index contributed by atoms with van der Waals surface area (Å²) < 4.78 is 0. The molecular weight excluding hydrogens is 226 g/mol. The van der Waals surface area contributed by atoms with Crippen molar-refractivity contribution in [3.05, 3.63) is 70.3 Å². The van der Waals surface area contributed by atoms with Crippen LogP contribution >= 0.6 is 0 Å². The standard InChI is InChI=1S/C15H13NO2/c1-2-7-14-13(12-8-4-3-5-9-12)10-6-11-15(14)16(17)18/h2-11H,1H3. The molecule has 2 aromatic carbocycles. The zero-order chi connectivity index (χ0) is 13.0. The fourth-order valence-corrected chi connectivity index (χ4v) is 1.92. The van der Waals surface area contributed by atoms with Gasteiger partial charge >= 0.3 is 0 Å². The summed E-state index contributed by atoms with van der Waals surface area (Å²) in [5.41, 5.74) is 2.64. The maximum absolute atomic E-state index is 11.1. The molecule has 0 aliphatic carbocycles. The first kappa shape index (κ1) is 12.0. The van der Waals surface area contributed by atoms with Gasteiger partial charge in [-0.1, -0.05) is 54.6 Å². The molecule has 2 rings (SSSR count). The van der Waals surface area contributed by atoms with E-state index in [0.717, 1.165) is 11.1 Å². The molecule has 0 N–H and O–H groups in total. The van der Waals surface area contributed by atoms with Gasteiger partial charge in [0.2, 0.25) is 0 Å². The fourth-order valence-electron chi connectivity index (χ4n) is 1.92. The Balaban J connectivity index is 2.68. The normalized spacial score (nSPS) is 10.7. The van der Waals surface area contributed by atoms with Gasteiger partial charge in [-0.05, 0) is 18.1 Å². The molecule has 90 valence electrons. The molecule has 0 atom stereocenters. The van der Waals surface area contributed by atoms with Crippen LogP contribution in [-0.4, -0.2) is 4.92 Å². The molecule has 0 saturated carbocycles. The van der Waals surface area contributed by atoms with E-state index in [2.05, 4.69) is 0 Å². The Bertz CT molecular complexity index is 589. The zero-order valence-electron chi connectivity index (χ0n) is 10.0. The summed E-state index contributed by atoms with van der Waals surface area (Å²) >= 11 is 0. The number of rotatable bonds is 3. The van der Waals surface area contributed by atoms with Gasteiger partial charge in [0.1, 0.15) is 0 Å². The Morgan fingerprint density at radius 2 is 1.78 bits per heavy atom. The monoisotopic (exact) mass is 239 g/mol. The van der Waals surface area contributed by atoms with Gasteiger partial charge in [0.05, 0.1) is 10.5 Å². The fraction of sp³-hybridized carbons (Fsp3) is 0.0667. The number of nitrogens with zero attached hydrogens (tertiary/aromatic N) is 1. The van der Waals surface area contributed by atoms with Gasteiger partial charge in [0, 0.05) is 6.07 Å². The van der Waals surface area contributed by atoms with Crippen LogP contribution in [0.3, 0.4) is 0 Å². The number of hydrogen-bond donors (Lipinski definition) is 0. The highest BCUT2D eigenvalue weighted by molar-refractivity contribution is 5.80. The number of nitro groups is 1. The van der Waals surface area contributed by atoms with E-state index in [0.29, 0.717) is 5.56 Å². The van der Waals surface area contributed by atoms with Crippen molar-refractivity contribution < 1.29 is 4.92 Å². The smallest absolute Gasteiger partial charge is 0.258 e. The van der Waals surface area contributed by atoms with Crippen LogP contribution in [0.5, 0.6) is 0 Å². The van der Waals surface area contributed by atoms with Crippen LogP contribution in [0.25, 0.3) is 17.2 Å². The molecule has 0 unspecified atom stereocenters.